The van der Waals surface area contributed by atoms with Crippen molar-refractivity contribution < 1.29 is 9.47 Å². The van der Waals surface area contributed by atoms with Crippen molar-refractivity contribution in [2.75, 3.05) is 20.8 Å². The maximum atomic E-state index is 5.97. The lowest BCUT2D eigenvalue weighted by atomic mass is 10.0. The molecule has 0 saturated carbocycles. The zero-order valence-electron chi connectivity index (χ0n) is 9.08. The second kappa shape index (κ2) is 8.48. The first-order valence-corrected chi connectivity index (χ1v) is 5.03. The van der Waals surface area contributed by atoms with Gasteiger partial charge >= 0.3 is 0 Å². The molecule has 0 fully saturated rings. The summed E-state index contributed by atoms with van der Waals surface area (Å²) in [4.78, 5) is 0. The fourth-order valence-corrected chi connectivity index (χ4v) is 1.44. The van der Waals surface area contributed by atoms with Crippen LogP contribution in [0.3, 0.4) is 0 Å². The maximum Gasteiger partial charge on any atom is 0.0722 e. The van der Waals surface area contributed by atoms with Gasteiger partial charge in [0.25, 0.3) is 0 Å². The number of rotatable bonds is 8. The molecule has 13 heavy (non-hydrogen) atoms. The molecule has 80 valence electrons. The van der Waals surface area contributed by atoms with Crippen molar-refractivity contribution in [3.63, 3.8) is 0 Å². The van der Waals surface area contributed by atoms with Gasteiger partial charge in [-0.15, -0.1) is 0 Å². The van der Waals surface area contributed by atoms with E-state index in [0.717, 1.165) is 32.3 Å². The van der Waals surface area contributed by atoms with Crippen LogP contribution in [-0.4, -0.2) is 33.0 Å². The molecule has 0 bridgehead atoms. The molecule has 0 aliphatic heterocycles. The number of hydrogen-bond acceptors (Lipinski definition) is 3. The molecule has 0 saturated heterocycles. The first kappa shape index (κ1) is 12.9. The SMILES string of the molecule is CCCC(OC)C(N)CCCOC. The summed E-state index contributed by atoms with van der Waals surface area (Å²) in [7, 11) is 3.45. The Morgan fingerprint density at radius 3 is 2.38 bits per heavy atom. The van der Waals surface area contributed by atoms with Crippen LogP contribution < -0.4 is 5.73 Å². The lowest BCUT2D eigenvalue weighted by Crippen LogP contribution is -2.36. The Bertz CT molecular complexity index is 109. The summed E-state index contributed by atoms with van der Waals surface area (Å²) in [5.74, 6) is 0. The third-order valence-electron chi connectivity index (χ3n) is 2.24. The summed E-state index contributed by atoms with van der Waals surface area (Å²) in [6.07, 6.45) is 4.37. The summed E-state index contributed by atoms with van der Waals surface area (Å²) in [6.45, 7) is 2.93. The standard InChI is InChI=1S/C10H23NO2/c1-4-6-10(13-3)9(11)7-5-8-12-2/h9-10H,4-8,11H2,1-3H3. The second-order valence-electron chi connectivity index (χ2n) is 3.36. The Morgan fingerprint density at radius 1 is 1.23 bits per heavy atom. The van der Waals surface area contributed by atoms with E-state index in [1.165, 1.54) is 0 Å². The minimum absolute atomic E-state index is 0.153. The van der Waals surface area contributed by atoms with Gasteiger partial charge in [-0.2, -0.15) is 0 Å². The summed E-state index contributed by atoms with van der Waals surface area (Å²) >= 11 is 0. The first-order valence-electron chi connectivity index (χ1n) is 5.03. The monoisotopic (exact) mass is 189 g/mol. The highest BCUT2D eigenvalue weighted by Crippen LogP contribution is 2.09. The minimum atomic E-state index is 0.153. The predicted molar refractivity (Wildman–Crippen MR) is 54.8 cm³/mol. The van der Waals surface area contributed by atoms with Gasteiger partial charge in [-0.1, -0.05) is 13.3 Å². The van der Waals surface area contributed by atoms with Crippen molar-refractivity contribution in [2.24, 2.45) is 5.73 Å². The molecular formula is C10H23NO2. The summed E-state index contributed by atoms with van der Waals surface area (Å²) in [5.41, 5.74) is 5.97. The third kappa shape index (κ3) is 6.02. The van der Waals surface area contributed by atoms with E-state index < -0.39 is 0 Å². The molecule has 0 spiro atoms. The zero-order chi connectivity index (χ0) is 10.1. The normalized spacial score (nSPS) is 15.7. The lowest BCUT2D eigenvalue weighted by Gasteiger charge is -2.21. The highest BCUT2D eigenvalue weighted by Gasteiger charge is 2.15. The molecule has 0 heterocycles. The average molecular weight is 189 g/mol. The smallest absolute Gasteiger partial charge is 0.0722 e. The number of hydrogen-bond donors (Lipinski definition) is 1. The van der Waals surface area contributed by atoms with Crippen LogP contribution in [0.1, 0.15) is 32.6 Å². The molecule has 0 aliphatic carbocycles. The van der Waals surface area contributed by atoms with Crippen molar-refractivity contribution >= 4 is 0 Å². The minimum Gasteiger partial charge on any atom is -0.385 e. The number of nitrogens with two attached hydrogens (primary N) is 1. The zero-order valence-corrected chi connectivity index (χ0v) is 9.08. The van der Waals surface area contributed by atoms with Gasteiger partial charge in [0, 0.05) is 26.9 Å². The van der Waals surface area contributed by atoms with Gasteiger partial charge in [0.1, 0.15) is 0 Å². The quantitative estimate of drug-likeness (QED) is 0.589. The highest BCUT2D eigenvalue weighted by atomic mass is 16.5. The van der Waals surface area contributed by atoms with Crippen LogP contribution in [-0.2, 0) is 9.47 Å². The van der Waals surface area contributed by atoms with Crippen LogP contribution >= 0.6 is 0 Å². The second-order valence-corrected chi connectivity index (χ2v) is 3.36. The molecular weight excluding hydrogens is 166 g/mol. The van der Waals surface area contributed by atoms with Gasteiger partial charge in [-0.25, -0.2) is 0 Å². The number of ether oxygens (including phenoxy) is 2. The van der Waals surface area contributed by atoms with E-state index in [9.17, 15) is 0 Å². The average Bonchev–Trinajstić information content (AvgIpc) is 2.14. The van der Waals surface area contributed by atoms with Crippen molar-refractivity contribution in [3.8, 4) is 0 Å². The molecule has 0 radical (unpaired) electrons. The van der Waals surface area contributed by atoms with E-state index in [2.05, 4.69) is 6.92 Å². The molecule has 2 atom stereocenters. The summed E-state index contributed by atoms with van der Waals surface area (Å²) < 4.78 is 10.3. The molecule has 3 nitrogen and oxygen atoms in total. The van der Waals surface area contributed by atoms with Crippen LogP contribution in [0.2, 0.25) is 0 Å². The van der Waals surface area contributed by atoms with Gasteiger partial charge in [0.05, 0.1) is 6.10 Å². The molecule has 2 unspecified atom stereocenters. The van der Waals surface area contributed by atoms with Gasteiger partial charge in [0.15, 0.2) is 0 Å². The predicted octanol–water partition coefficient (Wildman–Crippen LogP) is 1.56. The van der Waals surface area contributed by atoms with Crippen LogP contribution in [0.5, 0.6) is 0 Å². The lowest BCUT2D eigenvalue weighted by molar-refractivity contribution is 0.0667. The van der Waals surface area contributed by atoms with E-state index in [0.29, 0.717) is 0 Å². The molecule has 0 aromatic rings. The van der Waals surface area contributed by atoms with Crippen molar-refractivity contribution in [1.82, 2.24) is 0 Å². The third-order valence-corrected chi connectivity index (χ3v) is 2.24. The van der Waals surface area contributed by atoms with Crippen molar-refractivity contribution in [1.29, 1.82) is 0 Å². The van der Waals surface area contributed by atoms with Gasteiger partial charge < -0.3 is 15.2 Å². The fraction of sp³-hybridized carbons (Fsp3) is 1.00. The largest absolute Gasteiger partial charge is 0.385 e. The van der Waals surface area contributed by atoms with E-state index in [4.69, 9.17) is 15.2 Å². The van der Waals surface area contributed by atoms with Gasteiger partial charge in [-0.05, 0) is 19.3 Å². The van der Waals surface area contributed by atoms with E-state index in [1.54, 1.807) is 14.2 Å². The Balaban J connectivity index is 3.57. The molecule has 0 aromatic carbocycles. The number of methoxy groups -OCH3 is 2. The van der Waals surface area contributed by atoms with Gasteiger partial charge in [0.2, 0.25) is 0 Å². The van der Waals surface area contributed by atoms with E-state index in [-0.39, 0.29) is 12.1 Å². The topological polar surface area (TPSA) is 44.5 Å². The Kier molecular flexibility index (Phi) is 8.40. The molecule has 2 N–H and O–H groups in total. The molecule has 3 heteroatoms. The molecule has 0 aliphatic rings. The van der Waals surface area contributed by atoms with Crippen LogP contribution in [0, 0.1) is 0 Å². The van der Waals surface area contributed by atoms with Crippen LogP contribution in [0.25, 0.3) is 0 Å². The Morgan fingerprint density at radius 2 is 1.92 bits per heavy atom. The van der Waals surface area contributed by atoms with E-state index in [1.807, 2.05) is 0 Å². The Hall–Kier alpha value is -0.120. The van der Waals surface area contributed by atoms with Crippen molar-refractivity contribution in [3.05, 3.63) is 0 Å². The first-order chi connectivity index (χ1) is 6.26. The summed E-state index contributed by atoms with van der Waals surface area (Å²) in [5, 5.41) is 0. The van der Waals surface area contributed by atoms with Gasteiger partial charge in [-0.3, -0.25) is 0 Å². The van der Waals surface area contributed by atoms with Crippen LogP contribution in [0.15, 0.2) is 0 Å². The molecule has 0 rings (SSSR count). The molecule has 0 amide bonds. The van der Waals surface area contributed by atoms with E-state index >= 15 is 0 Å². The van der Waals surface area contributed by atoms with Crippen molar-refractivity contribution in [2.45, 2.75) is 44.8 Å². The Labute approximate surface area is 81.6 Å². The summed E-state index contributed by atoms with van der Waals surface area (Å²) in [6, 6.07) is 0.153. The molecule has 0 aromatic heterocycles. The fourth-order valence-electron chi connectivity index (χ4n) is 1.44. The maximum absolute atomic E-state index is 5.97. The van der Waals surface area contributed by atoms with Crippen LogP contribution in [0.4, 0.5) is 0 Å². The highest BCUT2D eigenvalue weighted by molar-refractivity contribution is 4.72.